The highest BCUT2D eigenvalue weighted by Gasteiger charge is 1.95. The Kier molecular flexibility index (Phi) is 2.33. The van der Waals surface area contributed by atoms with Crippen LogP contribution in [-0.4, -0.2) is 5.84 Å². The normalized spacial score (nSPS) is 11.5. The molecule has 0 aliphatic rings. The number of nitrogens with two attached hydrogens (primary N) is 2. The summed E-state index contributed by atoms with van der Waals surface area (Å²) in [7, 11) is 0. The quantitative estimate of drug-likeness (QED) is 0.284. The molecule has 1 aromatic rings. The maximum atomic E-state index is 5.65. The standard InChI is InChI=1S/C7H8ClN3/c8-6-3-1-5(2-4-6)7(9)11-10/h1-4H,10H2,(H2,9,11). The first-order chi connectivity index (χ1) is 5.24. The third-order valence-electron chi connectivity index (χ3n) is 1.28. The number of rotatable bonds is 1. The molecule has 3 nitrogen and oxygen atoms in total. The van der Waals surface area contributed by atoms with Gasteiger partial charge in [0.15, 0.2) is 0 Å². The Bertz CT molecular complexity index is 266. The number of hydrogen-bond acceptors (Lipinski definition) is 2. The first-order valence-corrected chi connectivity index (χ1v) is 3.41. The summed E-state index contributed by atoms with van der Waals surface area (Å²) in [5.74, 6) is 5.28. The minimum Gasteiger partial charge on any atom is -0.382 e. The number of nitrogens with zero attached hydrogens (tertiary/aromatic N) is 1. The van der Waals surface area contributed by atoms with Gasteiger partial charge in [-0.3, -0.25) is 0 Å². The zero-order chi connectivity index (χ0) is 8.27. The Morgan fingerprint density at radius 2 is 1.82 bits per heavy atom. The second kappa shape index (κ2) is 3.25. The molecule has 1 aromatic carbocycles. The molecule has 11 heavy (non-hydrogen) atoms. The fraction of sp³-hybridized carbons (Fsp3) is 0. The molecular weight excluding hydrogens is 162 g/mol. The van der Waals surface area contributed by atoms with Crippen molar-refractivity contribution in [2.24, 2.45) is 16.7 Å². The Hall–Kier alpha value is -1.22. The topological polar surface area (TPSA) is 64.4 Å². The average Bonchev–Trinajstić information content (AvgIpc) is 2.05. The predicted octanol–water partition coefficient (Wildman–Crippen LogP) is 0.919. The van der Waals surface area contributed by atoms with Crippen molar-refractivity contribution in [3.05, 3.63) is 34.9 Å². The molecule has 0 atom stereocenters. The summed E-state index contributed by atoms with van der Waals surface area (Å²) in [5, 5.41) is 4.01. The van der Waals surface area contributed by atoms with Crippen molar-refractivity contribution in [3.8, 4) is 0 Å². The van der Waals surface area contributed by atoms with Gasteiger partial charge in [0, 0.05) is 10.6 Å². The van der Waals surface area contributed by atoms with E-state index in [0.717, 1.165) is 5.56 Å². The van der Waals surface area contributed by atoms with Crippen molar-refractivity contribution < 1.29 is 0 Å². The van der Waals surface area contributed by atoms with E-state index in [1.165, 1.54) is 0 Å². The van der Waals surface area contributed by atoms with Gasteiger partial charge >= 0.3 is 0 Å². The minimum absolute atomic E-state index is 0.307. The van der Waals surface area contributed by atoms with Crippen LogP contribution >= 0.6 is 11.6 Å². The molecule has 0 bridgehead atoms. The first-order valence-electron chi connectivity index (χ1n) is 3.03. The fourth-order valence-electron chi connectivity index (χ4n) is 0.695. The lowest BCUT2D eigenvalue weighted by atomic mass is 10.2. The molecule has 0 amide bonds. The molecule has 4 N–H and O–H groups in total. The van der Waals surface area contributed by atoms with Crippen LogP contribution in [0.3, 0.4) is 0 Å². The van der Waals surface area contributed by atoms with Crippen LogP contribution < -0.4 is 11.6 Å². The van der Waals surface area contributed by atoms with E-state index in [1.807, 2.05) is 0 Å². The van der Waals surface area contributed by atoms with Gasteiger partial charge in [0.05, 0.1) is 0 Å². The van der Waals surface area contributed by atoms with Gasteiger partial charge in [0.25, 0.3) is 0 Å². The summed E-state index contributed by atoms with van der Waals surface area (Å²) < 4.78 is 0. The zero-order valence-corrected chi connectivity index (χ0v) is 6.55. The largest absolute Gasteiger partial charge is 0.382 e. The molecule has 0 saturated carbocycles. The van der Waals surface area contributed by atoms with E-state index in [-0.39, 0.29) is 0 Å². The fourth-order valence-corrected chi connectivity index (χ4v) is 0.821. The van der Waals surface area contributed by atoms with Gasteiger partial charge < -0.3 is 11.6 Å². The van der Waals surface area contributed by atoms with E-state index in [0.29, 0.717) is 10.9 Å². The van der Waals surface area contributed by atoms with E-state index >= 15 is 0 Å². The van der Waals surface area contributed by atoms with E-state index in [4.69, 9.17) is 23.2 Å². The first kappa shape index (κ1) is 7.88. The zero-order valence-electron chi connectivity index (χ0n) is 5.79. The number of halogens is 1. The van der Waals surface area contributed by atoms with Crippen molar-refractivity contribution >= 4 is 17.4 Å². The smallest absolute Gasteiger partial charge is 0.150 e. The lowest BCUT2D eigenvalue weighted by molar-refractivity contribution is 1.23. The van der Waals surface area contributed by atoms with Gasteiger partial charge in [0.2, 0.25) is 0 Å². The number of amidine groups is 1. The predicted molar refractivity (Wildman–Crippen MR) is 46.4 cm³/mol. The SMILES string of the molecule is N/N=C(/N)c1ccc(Cl)cc1. The van der Waals surface area contributed by atoms with Crippen LogP contribution in [-0.2, 0) is 0 Å². The summed E-state index contributed by atoms with van der Waals surface area (Å²) >= 11 is 5.65. The second-order valence-corrected chi connectivity index (χ2v) is 2.46. The highest BCUT2D eigenvalue weighted by molar-refractivity contribution is 6.30. The van der Waals surface area contributed by atoms with Crippen LogP contribution in [0.1, 0.15) is 5.56 Å². The molecule has 0 saturated heterocycles. The molecule has 0 heterocycles. The molecule has 4 heteroatoms. The van der Waals surface area contributed by atoms with Crippen molar-refractivity contribution in [1.82, 2.24) is 0 Å². The summed E-state index contributed by atoms with van der Waals surface area (Å²) in [6.45, 7) is 0. The summed E-state index contributed by atoms with van der Waals surface area (Å²) in [6, 6.07) is 6.98. The van der Waals surface area contributed by atoms with Gasteiger partial charge in [-0.05, 0) is 24.3 Å². The number of hydrogen-bond donors (Lipinski definition) is 2. The number of benzene rings is 1. The van der Waals surface area contributed by atoms with Crippen LogP contribution in [0.2, 0.25) is 5.02 Å². The number of hydrazone groups is 1. The third kappa shape index (κ3) is 1.85. The van der Waals surface area contributed by atoms with Gasteiger partial charge in [-0.15, -0.1) is 0 Å². The lowest BCUT2D eigenvalue weighted by Crippen LogP contribution is -2.14. The lowest BCUT2D eigenvalue weighted by Gasteiger charge is -1.97. The molecule has 0 unspecified atom stereocenters. The molecule has 0 aromatic heterocycles. The molecular formula is C7H8ClN3. The van der Waals surface area contributed by atoms with E-state index in [2.05, 4.69) is 5.10 Å². The van der Waals surface area contributed by atoms with Crippen molar-refractivity contribution in [1.29, 1.82) is 0 Å². The van der Waals surface area contributed by atoms with E-state index < -0.39 is 0 Å². The third-order valence-corrected chi connectivity index (χ3v) is 1.53. The molecule has 0 aliphatic heterocycles. The molecule has 0 spiro atoms. The average molecular weight is 170 g/mol. The van der Waals surface area contributed by atoms with E-state index in [9.17, 15) is 0 Å². The summed E-state index contributed by atoms with van der Waals surface area (Å²) in [5.41, 5.74) is 6.20. The highest BCUT2D eigenvalue weighted by Crippen LogP contribution is 2.08. The van der Waals surface area contributed by atoms with Crippen LogP contribution in [0.25, 0.3) is 0 Å². The minimum atomic E-state index is 0.307. The highest BCUT2D eigenvalue weighted by atomic mass is 35.5. The molecule has 0 fully saturated rings. The Morgan fingerprint density at radius 1 is 1.27 bits per heavy atom. The summed E-state index contributed by atoms with van der Waals surface area (Å²) in [4.78, 5) is 0. The van der Waals surface area contributed by atoms with Gasteiger partial charge in [0.1, 0.15) is 5.84 Å². The van der Waals surface area contributed by atoms with Crippen molar-refractivity contribution in [3.63, 3.8) is 0 Å². The monoisotopic (exact) mass is 169 g/mol. The van der Waals surface area contributed by atoms with Crippen LogP contribution in [0, 0.1) is 0 Å². The summed E-state index contributed by atoms with van der Waals surface area (Å²) in [6.07, 6.45) is 0. The Morgan fingerprint density at radius 3 is 2.27 bits per heavy atom. The van der Waals surface area contributed by atoms with Crippen molar-refractivity contribution in [2.75, 3.05) is 0 Å². The van der Waals surface area contributed by atoms with Crippen molar-refractivity contribution in [2.45, 2.75) is 0 Å². The van der Waals surface area contributed by atoms with Crippen LogP contribution in [0.15, 0.2) is 29.4 Å². The molecule has 1 rings (SSSR count). The maximum Gasteiger partial charge on any atom is 0.150 e. The van der Waals surface area contributed by atoms with Gasteiger partial charge in [-0.25, -0.2) is 0 Å². The molecule has 58 valence electrons. The van der Waals surface area contributed by atoms with E-state index in [1.54, 1.807) is 24.3 Å². The Labute approximate surface area is 69.6 Å². The van der Waals surface area contributed by atoms with Gasteiger partial charge in [-0.1, -0.05) is 11.6 Å². The van der Waals surface area contributed by atoms with Gasteiger partial charge in [-0.2, -0.15) is 5.10 Å². The Balaban J connectivity index is 2.99. The molecule has 0 radical (unpaired) electrons. The second-order valence-electron chi connectivity index (χ2n) is 2.02. The van der Waals surface area contributed by atoms with Crippen LogP contribution in [0.4, 0.5) is 0 Å². The maximum absolute atomic E-state index is 5.65. The van der Waals surface area contributed by atoms with Crippen LogP contribution in [0.5, 0.6) is 0 Å². The molecule has 0 aliphatic carbocycles.